The number of nitriles is 1. The van der Waals surface area contributed by atoms with Gasteiger partial charge in [-0.3, -0.25) is 0 Å². The molecule has 0 aromatic carbocycles. The fourth-order valence-electron chi connectivity index (χ4n) is 0.189. The Labute approximate surface area is 46.8 Å². The molecule has 0 rings (SSSR count). The summed E-state index contributed by atoms with van der Waals surface area (Å²) >= 11 is 0. The lowest BCUT2D eigenvalue weighted by Gasteiger charge is -1.91. The van der Waals surface area contributed by atoms with Crippen molar-refractivity contribution in [1.82, 2.24) is 5.73 Å². The predicted molar refractivity (Wildman–Crippen MR) is 24.7 cm³/mol. The summed E-state index contributed by atoms with van der Waals surface area (Å²) in [6.07, 6.45) is -0.926. The zero-order chi connectivity index (χ0) is 6.41. The molecule has 0 aliphatic rings. The minimum atomic E-state index is -1.08. The van der Waals surface area contributed by atoms with E-state index in [4.69, 9.17) is 11.0 Å². The lowest BCUT2D eigenvalue weighted by atomic mass is 10.5. The lowest BCUT2D eigenvalue weighted by molar-refractivity contribution is 0.157. The average molecular weight is 113 g/mol. The summed E-state index contributed by atoms with van der Waals surface area (Å²) in [6.45, 7) is 0.0266. The van der Waals surface area contributed by atoms with E-state index < -0.39 is 6.09 Å². The summed E-state index contributed by atoms with van der Waals surface area (Å²) in [6, 6.07) is 1.76. The second-order valence-corrected chi connectivity index (χ2v) is 1.04. The number of hydrogen-bond donors (Lipinski definition) is 0. The third-order valence-electron chi connectivity index (χ3n) is 0.447. The molecule has 0 aromatic heterocycles. The molecule has 1 radical (unpaired) electrons. The largest absolute Gasteiger partial charge is 0.447 e. The summed E-state index contributed by atoms with van der Waals surface area (Å²) in [4.78, 5) is 9.65. The van der Waals surface area contributed by atoms with E-state index >= 15 is 0 Å². The first-order valence-corrected chi connectivity index (χ1v) is 2.02. The summed E-state index contributed by atoms with van der Waals surface area (Å²) < 4.78 is 4.09. The number of carbonyl (C=O) groups excluding carboxylic acids is 1. The van der Waals surface area contributed by atoms with Crippen LogP contribution in [-0.2, 0) is 4.74 Å². The van der Waals surface area contributed by atoms with E-state index in [1.165, 1.54) is 0 Å². The van der Waals surface area contributed by atoms with Gasteiger partial charge in [0.2, 0.25) is 0 Å². The van der Waals surface area contributed by atoms with E-state index in [9.17, 15) is 4.79 Å². The number of carbonyl (C=O) groups is 1. The molecule has 4 heteroatoms. The van der Waals surface area contributed by atoms with Crippen LogP contribution in [0.25, 0.3) is 0 Å². The number of rotatable bonds is 2. The molecule has 8 heavy (non-hydrogen) atoms. The predicted octanol–water partition coefficient (Wildman–Crippen LogP) is 0.320. The second-order valence-electron chi connectivity index (χ2n) is 1.04. The standard InChI is InChI=1S/C4H5N2O2/c5-2-1-3-8-4(6)7/h6H,1,3H2. The van der Waals surface area contributed by atoms with Gasteiger partial charge in [-0.05, 0) is 0 Å². The van der Waals surface area contributed by atoms with Crippen LogP contribution >= 0.6 is 0 Å². The number of ether oxygens (including phenoxy) is 1. The van der Waals surface area contributed by atoms with E-state index in [1.807, 2.05) is 0 Å². The van der Waals surface area contributed by atoms with Gasteiger partial charge in [0.05, 0.1) is 12.5 Å². The Morgan fingerprint density at radius 1 is 1.88 bits per heavy atom. The highest BCUT2D eigenvalue weighted by Crippen LogP contribution is 1.78. The van der Waals surface area contributed by atoms with Gasteiger partial charge >= 0.3 is 6.09 Å². The maximum absolute atomic E-state index is 9.65. The van der Waals surface area contributed by atoms with Crippen LogP contribution in [0, 0.1) is 11.3 Å². The fourth-order valence-corrected chi connectivity index (χ4v) is 0.189. The molecule has 0 saturated heterocycles. The van der Waals surface area contributed by atoms with Crippen molar-refractivity contribution in [1.29, 1.82) is 5.26 Å². The maximum Gasteiger partial charge on any atom is 0.426 e. The molecule has 0 heterocycles. The van der Waals surface area contributed by atoms with Crippen molar-refractivity contribution in [2.75, 3.05) is 6.61 Å². The minimum Gasteiger partial charge on any atom is -0.447 e. The summed E-state index contributed by atoms with van der Waals surface area (Å²) in [5.41, 5.74) is 6.19. The van der Waals surface area contributed by atoms with E-state index in [1.54, 1.807) is 6.07 Å². The van der Waals surface area contributed by atoms with E-state index in [0.717, 1.165) is 0 Å². The van der Waals surface area contributed by atoms with E-state index in [0.29, 0.717) is 0 Å². The van der Waals surface area contributed by atoms with Crippen LogP contribution in [0.15, 0.2) is 0 Å². The molecule has 0 aromatic rings. The van der Waals surface area contributed by atoms with Crippen LogP contribution in [0.5, 0.6) is 0 Å². The third-order valence-corrected chi connectivity index (χ3v) is 0.447. The number of hydrogen-bond acceptors (Lipinski definition) is 3. The van der Waals surface area contributed by atoms with E-state index in [2.05, 4.69) is 4.74 Å². The Hall–Kier alpha value is -1.24. The van der Waals surface area contributed by atoms with Crippen LogP contribution in [0.3, 0.4) is 0 Å². The quantitative estimate of drug-likeness (QED) is 0.484. The number of nitrogens with zero attached hydrogens (tertiary/aromatic N) is 1. The molecule has 0 saturated carbocycles. The van der Waals surface area contributed by atoms with Crippen molar-refractivity contribution >= 4 is 6.09 Å². The smallest absolute Gasteiger partial charge is 0.426 e. The molecule has 0 aliphatic heterocycles. The van der Waals surface area contributed by atoms with Gasteiger partial charge in [-0.1, -0.05) is 0 Å². The van der Waals surface area contributed by atoms with Gasteiger partial charge in [0, 0.05) is 0 Å². The second kappa shape index (κ2) is 3.93. The van der Waals surface area contributed by atoms with Crippen molar-refractivity contribution in [3.63, 3.8) is 0 Å². The minimum absolute atomic E-state index is 0.0266. The van der Waals surface area contributed by atoms with Gasteiger partial charge in [0.15, 0.2) is 0 Å². The Morgan fingerprint density at radius 3 is 2.88 bits per heavy atom. The topological polar surface area (TPSA) is 73.9 Å². The molecule has 0 aliphatic carbocycles. The zero-order valence-electron chi connectivity index (χ0n) is 4.18. The molecule has 1 amide bonds. The van der Waals surface area contributed by atoms with Crippen molar-refractivity contribution in [3.05, 3.63) is 0 Å². The molecule has 0 fully saturated rings. The van der Waals surface area contributed by atoms with Gasteiger partial charge in [0.1, 0.15) is 6.61 Å². The van der Waals surface area contributed by atoms with Gasteiger partial charge in [-0.15, -0.1) is 0 Å². The van der Waals surface area contributed by atoms with Crippen LogP contribution in [0.4, 0.5) is 4.79 Å². The number of amides is 1. The van der Waals surface area contributed by atoms with Gasteiger partial charge in [-0.25, -0.2) is 10.5 Å². The normalized spacial score (nSPS) is 7.38. The molecular formula is C4H5N2O2. The highest BCUT2D eigenvalue weighted by molar-refractivity contribution is 5.63. The highest BCUT2D eigenvalue weighted by Gasteiger charge is 1.90. The first-order chi connectivity index (χ1) is 3.77. The van der Waals surface area contributed by atoms with Crippen LogP contribution in [0.2, 0.25) is 0 Å². The summed E-state index contributed by atoms with van der Waals surface area (Å²) in [7, 11) is 0. The summed E-state index contributed by atoms with van der Waals surface area (Å²) in [5.74, 6) is 0. The van der Waals surface area contributed by atoms with Crippen molar-refractivity contribution in [3.8, 4) is 6.07 Å². The number of nitrogens with one attached hydrogen (secondary N) is 1. The monoisotopic (exact) mass is 113 g/mol. The average Bonchev–Trinajstić information content (AvgIpc) is 1.66. The van der Waals surface area contributed by atoms with Crippen molar-refractivity contribution in [2.24, 2.45) is 0 Å². The van der Waals surface area contributed by atoms with Gasteiger partial charge in [0.25, 0.3) is 0 Å². The zero-order valence-corrected chi connectivity index (χ0v) is 4.18. The third kappa shape index (κ3) is 4.76. The maximum atomic E-state index is 9.65. The Morgan fingerprint density at radius 2 is 2.50 bits per heavy atom. The molecular weight excluding hydrogens is 108 g/mol. The van der Waals surface area contributed by atoms with Gasteiger partial charge < -0.3 is 4.74 Å². The first kappa shape index (κ1) is 6.76. The fraction of sp³-hybridized carbons (Fsp3) is 0.500. The van der Waals surface area contributed by atoms with Crippen molar-refractivity contribution in [2.45, 2.75) is 6.42 Å². The molecule has 0 atom stereocenters. The van der Waals surface area contributed by atoms with Gasteiger partial charge in [-0.2, -0.15) is 5.26 Å². The van der Waals surface area contributed by atoms with Crippen LogP contribution < -0.4 is 5.73 Å². The lowest BCUT2D eigenvalue weighted by Crippen LogP contribution is -2.02. The van der Waals surface area contributed by atoms with Crippen molar-refractivity contribution < 1.29 is 9.53 Å². The van der Waals surface area contributed by atoms with Crippen LogP contribution in [0.1, 0.15) is 6.42 Å². The molecule has 0 spiro atoms. The SMILES string of the molecule is N#CCCOC([NH])=O. The molecule has 4 nitrogen and oxygen atoms in total. The molecule has 0 bridgehead atoms. The first-order valence-electron chi connectivity index (χ1n) is 2.02. The summed E-state index contributed by atoms with van der Waals surface area (Å²) in [5, 5.41) is 7.88. The van der Waals surface area contributed by atoms with E-state index in [-0.39, 0.29) is 13.0 Å². The van der Waals surface area contributed by atoms with Crippen LogP contribution in [-0.4, -0.2) is 12.7 Å². The Kier molecular flexibility index (Phi) is 3.32. The molecule has 1 N–H and O–H groups in total. The molecule has 0 unspecified atom stereocenters. The Balaban J connectivity index is 2.97. The Bertz CT molecular complexity index is 116. The highest BCUT2D eigenvalue weighted by atomic mass is 16.5. The molecule has 43 valence electrons.